The Hall–Kier alpha value is -2.75. The van der Waals surface area contributed by atoms with E-state index in [-0.39, 0.29) is 17.2 Å². The van der Waals surface area contributed by atoms with Crippen molar-refractivity contribution >= 4 is 11.8 Å². The third kappa shape index (κ3) is 2.18. The fourth-order valence-corrected chi connectivity index (χ4v) is 4.62. The van der Waals surface area contributed by atoms with Gasteiger partial charge in [0.1, 0.15) is 11.9 Å². The van der Waals surface area contributed by atoms with Crippen molar-refractivity contribution in [1.82, 2.24) is 0 Å². The summed E-state index contributed by atoms with van der Waals surface area (Å²) in [6, 6.07) is 12.0. The molecule has 0 saturated heterocycles. The maximum absolute atomic E-state index is 13.8. The molecule has 1 aliphatic carbocycles. The number of nitrogens with two attached hydrogens (primary N) is 1. The lowest BCUT2D eigenvalue weighted by Crippen LogP contribution is -2.43. The zero-order valence-electron chi connectivity index (χ0n) is 12.7. The van der Waals surface area contributed by atoms with Crippen molar-refractivity contribution in [3.63, 3.8) is 0 Å². The van der Waals surface area contributed by atoms with E-state index in [1.165, 1.54) is 12.1 Å². The summed E-state index contributed by atoms with van der Waals surface area (Å²) in [5, 5.41) is 29.1. The highest BCUT2D eigenvalue weighted by Gasteiger charge is 2.53. The van der Waals surface area contributed by atoms with Crippen LogP contribution in [0.1, 0.15) is 11.5 Å². The Morgan fingerprint density at radius 3 is 2.62 bits per heavy atom. The smallest absolute Gasteiger partial charge is 0.191 e. The molecule has 0 fully saturated rings. The number of nitrogens with zero attached hydrogens (tertiary/aromatic N) is 3. The molecule has 2 aliphatic rings. The molecule has 24 heavy (non-hydrogen) atoms. The van der Waals surface area contributed by atoms with Gasteiger partial charge in [-0.2, -0.15) is 27.5 Å². The van der Waals surface area contributed by atoms with E-state index in [0.717, 1.165) is 11.3 Å². The molecule has 0 aromatic heterocycles. The van der Waals surface area contributed by atoms with Crippen LogP contribution in [0.25, 0.3) is 0 Å². The number of rotatable bonds is 1. The van der Waals surface area contributed by atoms with E-state index >= 15 is 0 Å². The van der Waals surface area contributed by atoms with Crippen LogP contribution in [-0.4, -0.2) is 11.5 Å². The van der Waals surface area contributed by atoms with E-state index in [4.69, 9.17) is 5.73 Å². The minimum absolute atomic E-state index is 0.0290. The van der Waals surface area contributed by atoms with Crippen LogP contribution in [0.2, 0.25) is 0 Å². The Bertz CT molecular complexity index is 868. The lowest BCUT2D eigenvalue weighted by atomic mass is 9.59. The number of halogens is 1. The van der Waals surface area contributed by atoms with Gasteiger partial charge in [0.05, 0.1) is 23.4 Å². The number of hydrogen-bond donors (Lipinski definition) is 1. The molecular formula is C18H13FN4S. The predicted molar refractivity (Wildman–Crippen MR) is 88.5 cm³/mol. The largest absolute Gasteiger partial charge is 0.399 e. The molecule has 0 amide bonds. The number of thioether (sulfide) groups is 1. The molecule has 0 unspecified atom stereocenters. The van der Waals surface area contributed by atoms with Crippen LogP contribution < -0.4 is 5.73 Å². The van der Waals surface area contributed by atoms with Gasteiger partial charge in [-0.1, -0.05) is 18.2 Å². The molecule has 118 valence electrons. The summed E-state index contributed by atoms with van der Waals surface area (Å²) in [4.78, 5) is 0. The van der Waals surface area contributed by atoms with Gasteiger partial charge in [0, 0.05) is 23.3 Å². The summed E-state index contributed by atoms with van der Waals surface area (Å²) in [7, 11) is 0. The molecule has 1 aromatic rings. The molecular weight excluding hydrogens is 323 g/mol. The molecule has 0 bridgehead atoms. The fourth-order valence-electron chi connectivity index (χ4n) is 3.56. The maximum Gasteiger partial charge on any atom is 0.191 e. The summed E-state index contributed by atoms with van der Waals surface area (Å²) < 4.78 is 13.8. The summed E-state index contributed by atoms with van der Waals surface area (Å²) >= 11 is 1.66. The van der Waals surface area contributed by atoms with Gasteiger partial charge < -0.3 is 5.73 Å². The Morgan fingerprint density at radius 2 is 2.00 bits per heavy atom. The van der Waals surface area contributed by atoms with Gasteiger partial charge in [-0.15, -0.1) is 0 Å². The number of benzene rings is 1. The van der Waals surface area contributed by atoms with Gasteiger partial charge in [0.25, 0.3) is 0 Å². The van der Waals surface area contributed by atoms with E-state index in [1.54, 1.807) is 23.9 Å². The van der Waals surface area contributed by atoms with Gasteiger partial charge >= 0.3 is 0 Å². The normalized spacial score (nSPS) is 24.8. The summed E-state index contributed by atoms with van der Waals surface area (Å²) in [6.07, 6.45) is 1.93. The molecule has 4 nitrogen and oxygen atoms in total. The lowest BCUT2D eigenvalue weighted by Gasteiger charge is -2.43. The Morgan fingerprint density at radius 1 is 1.25 bits per heavy atom. The van der Waals surface area contributed by atoms with Crippen LogP contribution >= 0.6 is 11.8 Å². The van der Waals surface area contributed by atoms with E-state index in [0.29, 0.717) is 11.3 Å². The first-order chi connectivity index (χ1) is 11.6. The standard InChI is InChI=1S/C18H13FN4S/c19-12-3-1-2-11(6-12)16-15-8-24-5-4-13(15)14(7-20)17(23)18(16,9-21)10-22/h1-4,6,15-16H,5,8,23H2/t15-,16+/m1/s1. The van der Waals surface area contributed by atoms with Gasteiger partial charge in [-0.05, 0) is 23.3 Å². The van der Waals surface area contributed by atoms with Crippen LogP contribution in [0, 0.1) is 51.1 Å². The predicted octanol–water partition coefficient (Wildman–Crippen LogP) is 2.98. The Labute approximate surface area is 143 Å². The molecule has 0 saturated carbocycles. The third-order valence-corrected chi connectivity index (χ3v) is 5.64. The maximum atomic E-state index is 13.8. The van der Waals surface area contributed by atoms with Crippen molar-refractivity contribution in [3.8, 4) is 18.2 Å². The van der Waals surface area contributed by atoms with Crippen LogP contribution in [-0.2, 0) is 0 Å². The molecule has 2 N–H and O–H groups in total. The highest BCUT2D eigenvalue weighted by Crippen LogP contribution is 2.54. The number of nitriles is 3. The van der Waals surface area contributed by atoms with Crippen LogP contribution in [0.15, 0.2) is 47.2 Å². The van der Waals surface area contributed by atoms with Crippen LogP contribution in [0.3, 0.4) is 0 Å². The van der Waals surface area contributed by atoms with Crippen molar-refractivity contribution in [2.75, 3.05) is 11.5 Å². The van der Waals surface area contributed by atoms with Crippen molar-refractivity contribution in [2.24, 2.45) is 17.1 Å². The zero-order chi connectivity index (χ0) is 17.3. The molecule has 6 heteroatoms. The first-order valence-electron chi connectivity index (χ1n) is 7.35. The number of allylic oxidation sites excluding steroid dienone is 3. The monoisotopic (exact) mass is 336 g/mol. The quantitative estimate of drug-likeness (QED) is 0.850. The second-order valence-corrected chi connectivity index (χ2v) is 6.84. The highest BCUT2D eigenvalue weighted by molar-refractivity contribution is 7.99. The Kier molecular flexibility index (Phi) is 4.06. The average molecular weight is 336 g/mol. The summed E-state index contributed by atoms with van der Waals surface area (Å²) in [5.41, 5.74) is 5.96. The minimum Gasteiger partial charge on any atom is -0.399 e. The summed E-state index contributed by atoms with van der Waals surface area (Å²) in [6.45, 7) is 0. The van der Waals surface area contributed by atoms with Crippen molar-refractivity contribution in [1.29, 1.82) is 15.8 Å². The zero-order valence-corrected chi connectivity index (χ0v) is 13.5. The first-order valence-corrected chi connectivity index (χ1v) is 8.51. The molecule has 0 spiro atoms. The van der Waals surface area contributed by atoms with E-state index in [9.17, 15) is 20.2 Å². The SMILES string of the molecule is N#CC1=C(N)C(C#N)(C#N)[C@@H](c2cccc(F)c2)[C@@H]2CSCC=C12. The third-order valence-electron chi connectivity index (χ3n) is 4.64. The van der Waals surface area contributed by atoms with Gasteiger partial charge in [0.2, 0.25) is 0 Å². The topological polar surface area (TPSA) is 97.4 Å². The van der Waals surface area contributed by atoms with Crippen molar-refractivity contribution in [2.45, 2.75) is 5.92 Å². The van der Waals surface area contributed by atoms with E-state index < -0.39 is 17.2 Å². The van der Waals surface area contributed by atoms with Crippen molar-refractivity contribution < 1.29 is 4.39 Å². The number of hydrogen-bond acceptors (Lipinski definition) is 5. The van der Waals surface area contributed by atoms with E-state index in [1.807, 2.05) is 18.2 Å². The second kappa shape index (κ2) is 6.04. The molecule has 1 heterocycles. The molecule has 1 aliphatic heterocycles. The van der Waals surface area contributed by atoms with Crippen LogP contribution in [0.4, 0.5) is 4.39 Å². The second-order valence-electron chi connectivity index (χ2n) is 5.77. The lowest BCUT2D eigenvalue weighted by molar-refractivity contribution is 0.367. The fraction of sp³-hybridized carbons (Fsp3) is 0.278. The molecule has 2 atom stereocenters. The highest BCUT2D eigenvalue weighted by atomic mass is 32.2. The molecule has 3 rings (SSSR count). The van der Waals surface area contributed by atoms with E-state index in [2.05, 4.69) is 6.07 Å². The van der Waals surface area contributed by atoms with Gasteiger partial charge in [0.15, 0.2) is 5.41 Å². The summed E-state index contributed by atoms with van der Waals surface area (Å²) in [5.74, 6) is 0.120. The average Bonchev–Trinajstić information content (AvgIpc) is 2.61. The minimum atomic E-state index is -1.68. The molecule has 0 radical (unpaired) electrons. The van der Waals surface area contributed by atoms with Gasteiger partial charge in [-0.3, -0.25) is 0 Å². The first kappa shape index (κ1) is 16.1. The van der Waals surface area contributed by atoms with Crippen molar-refractivity contribution in [3.05, 3.63) is 58.6 Å². The van der Waals surface area contributed by atoms with Crippen LogP contribution in [0.5, 0.6) is 0 Å². The molecule has 1 aromatic carbocycles. The Balaban J connectivity index is 2.34. The number of fused-ring (bicyclic) bond motifs is 1. The van der Waals surface area contributed by atoms with Gasteiger partial charge in [-0.25, -0.2) is 4.39 Å².